The third-order valence-corrected chi connectivity index (χ3v) is 3.38. The molecule has 0 aliphatic carbocycles. The Morgan fingerprint density at radius 3 is 2.28 bits per heavy atom. The topological polar surface area (TPSA) is 61.8 Å². The number of hydrogen-bond acceptors (Lipinski definition) is 5. The highest BCUT2D eigenvalue weighted by Gasteiger charge is 2.09. The van der Waals surface area contributed by atoms with Crippen LogP contribution in [0.1, 0.15) is 36.5 Å². The van der Waals surface area contributed by atoms with E-state index in [4.69, 9.17) is 14.2 Å². The van der Waals surface area contributed by atoms with Crippen LogP contribution in [-0.2, 0) is 9.53 Å². The van der Waals surface area contributed by atoms with Crippen LogP contribution in [0, 0.1) is 0 Å². The molecule has 0 amide bonds. The zero-order valence-electron chi connectivity index (χ0n) is 14.3. The van der Waals surface area contributed by atoms with Crippen molar-refractivity contribution < 1.29 is 23.8 Å². The largest absolute Gasteiger partial charge is 0.490 e. The Morgan fingerprint density at radius 2 is 1.60 bits per heavy atom. The monoisotopic (exact) mass is 342 g/mol. The van der Waals surface area contributed by atoms with Gasteiger partial charge in [-0.05, 0) is 42.8 Å². The standard InChI is InChI=1S/C20H22O5/c1-2-3-9-19(21)25-18-12-10-16(11-13-18)20(22)24-15-14-23-17-7-5-4-6-8-17/h4-8,10-13H,2-3,9,14-15H2,1H3. The number of carbonyl (C=O) groups is 2. The Kier molecular flexibility index (Phi) is 7.50. The number of hydrogen-bond donors (Lipinski definition) is 0. The van der Waals surface area contributed by atoms with Gasteiger partial charge in [0.15, 0.2) is 0 Å². The molecule has 0 saturated heterocycles. The minimum atomic E-state index is -0.444. The second-order valence-corrected chi connectivity index (χ2v) is 5.40. The van der Waals surface area contributed by atoms with Crippen LogP contribution in [0.15, 0.2) is 54.6 Å². The number of para-hydroxylation sites is 1. The first-order valence-corrected chi connectivity index (χ1v) is 8.34. The molecule has 5 heteroatoms. The molecule has 132 valence electrons. The fourth-order valence-electron chi connectivity index (χ4n) is 2.06. The molecular formula is C20H22O5. The summed E-state index contributed by atoms with van der Waals surface area (Å²) in [4.78, 5) is 23.5. The lowest BCUT2D eigenvalue weighted by molar-refractivity contribution is -0.134. The second-order valence-electron chi connectivity index (χ2n) is 5.40. The van der Waals surface area contributed by atoms with Crippen molar-refractivity contribution in [3.8, 4) is 11.5 Å². The Labute approximate surface area is 147 Å². The van der Waals surface area contributed by atoms with Gasteiger partial charge in [-0.25, -0.2) is 4.79 Å². The summed E-state index contributed by atoms with van der Waals surface area (Å²) in [6.07, 6.45) is 2.13. The predicted octanol–water partition coefficient (Wildman–Crippen LogP) is 4.02. The summed E-state index contributed by atoms with van der Waals surface area (Å²) in [5.41, 5.74) is 0.396. The quantitative estimate of drug-likeness (QED) is 0.391. The molecule has 0 heterocycles. The molecule has 0 aliphatic heterocycles. The van der Waals surface area contributed by atoms with Gasteiger partial charge in [-0.1, -0.05) is 31.5 Å². The highest BCUT2D eigenvalue weighted by molar-refractivity contribution is 5.89. The number of carbonyl (C=O) groups excluding carboxylic acids is 2. The Balaban J connectivity index is 1.73. The van der Waals surface area contributed by atoms with E-state index in [9.17, 15) is 9.59 Å². The van der Waals surface area contributed by atoms with Crippen molar-refractivity contribution >= 4 is 11.9 Å². The van der Waals surface area contributed by atoms with Crippen LogP contribution in [0.3, 0.4) is 0 Å². The minimum absolute atomic E-state index is 0.154. The van der Waals surface area contributed by atoms with Gasteiger partial charge in [0, 0.05) is 6.42 Å². The third kappa shape index (κ3) is 6.67. The van der Waals surface area contributed by atoms with Gasteiger partial charge in [0.05, 0.1) is 5.56 Å². The van der Waals surface area contributed by atoms with Crippen molar-refractivity contribution in [1.82, 2.24) is 0 Å². The van der Waals surface area contributed by atoms with E-state index in [2.05, 4.69) is 0 Å². The molecule has 0 N–H and O–H groups in total. The average Bonchev–Trinajstić information content (AvgIpc) is 2.65. The molecule has 2 rings (SSSR count). The van der Waals surface area contributed by atoms with E-state index in [0.29, 0.717) is 17.7 Å². The first kappa shape index (κ1) is 18.5. The van der Waals surface area contributed by atoms with Gasteiger partial charge in [-0.2, -0.15) is 0 Å². The summed E-state index contributed by atoms with van der Waals surface area (Å²) in [5, 5.41) is 0. The van der Waals surface area contributed by atoms with E-state index in [1.54, 1.807) is 24.3 Å². The average molecular weight is 342 g/mol. The Hall–Kier alpha value is -2.82. The van der Waals surface area contributed by atoms with Crippen molar-refractivity contribution in [2.75, 3.05) is 13.2 Å². The van der Waals surface area contributed by atoms with Crippen molar-refractivity contribution in [2.45, 2.75) is 26.2 Å². The van der Waals surface area contributed by atoms with Gasteiger partial charge >= 0.3 is 11.9 Å². The van der Waals surface area contributed by atoms with E-state index >= 15 is 0 Å². The number of ether oxygens (including phenoxy) is 3. The number of benzene rings is 2. The summed E-state index contributed by atoms with van der Waals surface area (Å²) >= 11 is 0. The molecular weight excluding hydrogens is 320 g/mol. The van der Waals surface area contributed by atoms with Crippen molar-refractivity contribution in [1.29, 1.82) is 0 Å². The highest BCUT2D eigenvalue weighted by Crippen LogP contribution is 2.14. The van der Waals surface area contributed by atoms with Crippen LogP contribution in [-0.4, -0.2) is 25.2 Å². The summed E-state index contributed by atoms with van der Waals surface area (Å²) in [7, 11) is 0. The zero-order valence-corrected chi connectivity index (χ0v) is 14.3. The van der Waals surface area contributed by atoms with Crippen LogP contribution in [0.2, 0.25) is 0 Å². The SMILES string of the molecule is CCCCC(=O)Oc1ccc(C(=O)OCCOc2ccccc2)cc1. The van der Waals surface area contributed by atoms with Crippen molar-refractivity contribution in [3.63, 3.8) is 0 Å². The smallest absolute Gasteiger partial charge is 0.338 e. The Morgan fingerprint density at radius 1 is 0.880 bits per heavy atom. The van der Waals surface area contributed by atoms with E-state index < -0.39 is 5.97 Å². The lowest BCUT2D eigenvalue weighted by atomic mass is 10.2. The number of unbranched alkanes of at least 4 members (excludes halogenated alkanes) is 1. The predicted molar refractivity (Wildman–Crippen MR) is 93.8 cm³/mol. The van der Waals surface area contributed by atoms with Crippen LogP contribution in [0.5, 0.6) is 11.5 Å². The van der Waals surface area contributed by atoms with Gasteiger partial charge in [0.25, 0.3) is 0 Å². The minimum Gasteiger partial charge on any atom is -0.490 e. The number of rotatable bonds is 9. The highest BCUT2D eigenvalue weighted by atomic mass is 16.6. The van der Waals surface area contributed by atoms with Gasteiger partial charge < -0.3 is 14.2 Å². The van der Waals surface area contributed by atoms with Crippen LogP contribution in [0.25, 0.3) is 0 Å². The molecule has 25 heavy (non-hydrogen) atoms. The molecule has 0 fully saturated rings. The van der Waals surface area contributed by atoms with Crippen LogP contribution < -0.4 is 9.47 Å². The maximum Gasteiger partial charge on any atom is 0.338 e. The van der Waals surface area contributed by atoms with E-state index in [1.807, 2.05) is 37.3 Å². The van der Waals surface area contributed by atoms with Gasteiger partial charge in [0.2, 0.25) is 0 Å². The van der Waals surface area contributed by atoms with Gasteiger partial charge in [-0.3, -0.25) is 4.79 Å². The van der Waals surface area contributed by atoms with Gasteiger partial charge in [-0.15, -0.1) is 0 Å². The first-order valence-electron chi connectivity index (χ1n) is 8.34. The summed E-state index contributed by atoms with van der Waals surface area (Å²) in [6.45, 7) is 2.45. The van der Waals surface area contributed by atoms with Crippen molar-refractivity contribution in [3.05, 3.63) is 60.2 Å². The molecule has 0 aliphatic rings. The molecule has 0 atom stereocenters. The summed E-state index contributed by atoms with van der Waals surface area (Å²) < 4.78 is 15.8. The molecule has 5 nitrogen and oxygen atoms in total. The maximum atomic E-state index is 11.9. The Bertz CT molecular complexity index is 664. The molecule has 0 spiro atoms. The second kappa shape index (κ2) is 10.1. The normalized spacial score (nSPS) is 10.1. The summed E-state index contributed by atoms with van der Waals surface area (Å²) in [6, 6.07) is 15.6. The zero-order chi connectivity index (χ0) is 17.9. The van der Waals surface area contributed by atoms with E-state index in [1.165, 1.54) is 0 Å². The van der Waals surface area contributed by atoms with Gasteiger partial charge in [0.1, 0.15) is 24.7 Å². The first-order chi connectivity index (χ1) is 12.2. The van der Waals surface area contributed by atoms with E-state index in [0.717, 1.165) is 18.6 Å². The summed E-state index contributed by atoms with van der Waals surface area (Å²) in [5.74, 6) is 0.439. The molecule has 2 aromatic rings. The molecule has 0 radical (unpaired) electrons. The molecule has 0 aromatic heterocycles. The lowest BCUT2D eigenvalue weighted by Crippen LogP contribution is -2.12. The van der Waals surface area contributed by atoms with Crippen LogP contribution >= 0.6 is 0 Å². The molecule has 0 bridgehead atoms. The molecule has 2 aromatic carbocycles. The van der Waals surface area contributed by atoms with Crippen LogP contribution in [0.4, 0.5) is 0 Å². The lowest BCUT2D eigenvalue weighted by Gasteiger charge is -2.08. The van der Waals surface area contributed by atoms with E-state index in [-0.39, 0.29) is 19.2 Å². The fourth-order valence-corrected chi connectivity index (χ4v) is 2.06. The number of esters is 2. The fraction of sp³-hybridized carbons (Fsp3) is 0.300. The molecule has 0 unspecified atom stereocenters. The maximum absolute atomic E-state index is 11.9. The third-order valence-electron chi connectivity index (χ3n) is 3.38. The molecule has 0 saturated carbocycles. The van der Waals surface area contributed by atoms with Crippen molar-refractivity contribution in [2.24, 2.45) is 0 Å².